The zero-order valence-corrected chi connectivity index (χ0v) is 12.1. The summed E-state index contributed by atoms with van der Waals surface area (Å²) >= 11 is 0. The molecule has 1 aliphatic heterocycles. The Morgan fingerprint density at radius 2 is 1.80 bits per heavy atom. The minimum atomic E-state index is -0.597. The first-order valence-corrected chi connectivity index (χ1v) is 6.49. The van der Waals surface area contributed by atoms with Gasteiger partial charge in [0.1, 0.15) is 0 Å². The highest BCUT2D eigenvalue weighted by Crippen LogP contribution is 2.33. The third-order valence-corrected chi connectivity index (χ3v) is 3.18. The van der Waals surface area contributed by atoms with Crippen molar-refractivity contribution in [3.05, 3.63) is 34.1 Å². The zero-order chi connectivity index (χ0) is 15.1. The molecule has 5 nitrogen and oxygen atoms in total. The molecule has 6 heteroatoms. The Balaban J connectivity index is 2.34. The second-order valence-corrected chi connectivity index (χ2v) is 6.37. The van der Waals surface area contributed by atoms with Crippen LogP contribution in [0.3, 0.4) is 0 Å². The smallest absolute Gasteiger partial charge is 0.272 e. The molecule has 1 heterocycles. The molecule has 0 spiro atoms. The van der Waals surface area contributed by atoms with E-state index in [4.69, 9.17) is 4.74 Å². The van der Waals surface area contributed by atoms with Gasteiger partial charge in [-0.2, -0.15) is 0 Å². The molecule has 1 fully saturated rings. The molecule has 1 saturated heterocycles. The number of ether oxygens (including phenoxy) is 1. The van der Waals surface area contributed by atoms with Crippen molar-refractivity contribution in [2.24, 2.45) is 0 Å². The van der Waals surface area contributed by atoms with E-state index in [1.54, 1.807) is 0 Å². The maximum Gasteiger partial charge on any atom is 0.272 e. The van der Waals surface area contributed by atoms with Crippen molar-refractivity contribution in [3.63, 3.8) is 0 Å². The third kappa shape index (κ3) is 3.07. The first kappa shape index (κ1) is 14.7. The Kier molecular flexibility index (Phi) is 3.46. The van der Waals surface area contributed by atoms with E-state index in [0.717, 1.165) is 6.07 Å². The van der Waals surface area contributed by atoms with Crippen LogP contribution < -0.4 is 4.90 Å². The molecule has 0 bridgehead atoms. The molecule has 2 rings (SSSR count). The van der Waals surface area contributed by atoms with Crippen molar-refractivity contribution >= 4 is 11.4 Å². The van der Waals surface area contributed by atoms with Crippen molar-refractivity contribution in [2.75, 3.05) is 18.0 Å². The normalized spacial score (nSPS) is 20.8. The summed E-state index contributed by atoms with van der Waals surface area (Å²) in [6, 6.07) is 3.75. The summed E-state index contributed by atoms with van der Waals surface area (Å²) in [6.07, 6.45) is 0. The van der Waals surface area contributed by atoms with Crippen LogP contribution in [0.2, 0.25) is 0 Å². The summed E-state index contributed by atoms with van der Waals surface area (Å²) < 4.78 is 20.1. The number of non-ortho nitro benzene ring substituents is 1. The van der Waals surface area contributed by atoms with Crippen molar-refractivity contribution < 1.29 is 14.1 Å². The van der Waals surface area contributed by atoms with E-state index >= 15 is 0 Å². The van der Waals surface area contributed by atoms with E-state index in [1.807, 2.05) is 32.6 Å². The summed E-state index contributed by atoms with van der Waals surface area (Å²) in [4.78, 5) is 11.9. The molecule has 0 N–H and O–H groups in total. The van der Waals surface area contributed by atoms with Gasteiger partial charge in [0, 0.05) is 19.2 Å². The lowest BCUT2D eigenvalue weighted by Crippen LogP contribution is -2.57. The first-order chi connectivity index (χ1) is 9.10. The van der Waals surface area contributed by atoms with Gasteiger partial charge in [-0.15, -0.1) is 0 Å². The summed E-state index contributed by atoms with van der Waals surface area (Å²) in [5.41, 5.74) is -0.676. The zero-order valence-electron chi connectivity index (χ0n) is 12.1. The number of hydrogen-bond acceptors (Lipinski definition) is 4. The predicted molar refractivity (Wildman–Crippen MR) is 74.5 cm³/mol. The highest BCUT2D eigenvalue weighted by Gasteiger charge is 2.39. The SMILES string of the molecule is CC1(C)CN(c2ccc([N+](=O)[O-])cc2F)CC(C)(C)O1. The van der Waals surface area contributed by atoms with Gasteiger partial charge >= 0.3 is 0 Å². The Morgan fingerprint density at radius 1 is 1.25 bits per heavy atom. The van der Waals surface area contributed by atoms with Crippen LogP contribution in [0.15, 0.2) is 18.2 Å². The summed E-state index contributed by atoms with van der Waals surface area (Å²) in [5, 5.41) is 10.7. The van der Waals surface area contributed by atoms with Gasteiger partial charge in [-0.1, -0.05) is 0 Å². The number of nitrogens with zero attached hydrogens (tertiary/aromatic N) is 2. The average molecular weight is 282 g/mol. The Labute approximate surface area is 117 Å². The molecular formula is C14H19FN2O3. The lowest BCUT2D eigenvalue weighted by Gasteiger charge is -2.48. The highest BCUT2D eigenvalue weighted by atomic mass is 19.1. The summed E-state index contributed by atoms with van der Waals surface area (Å²) in [6.45, 7) is 8.86. The van der Waals surface area contributed by atoms with Crippen LogP contribution >= 0.6 is 0 Å². The number of nitro benzene ring substituents is 1. The van der Waals surface area contributed by atoms with Crippen LogP contribution in [0.5, 0.6) is 0 Å². The number of morpholine rings is 1. The van der Waals surface area contributed by atoms with Crippen LogP contribution in [0.4, 0.5) is 15.8 Å². The minimum Gasteiger partial charge on any atom is -0.366 e. The highest BCUT2D eigenvalue weighted by molar-refractivity contribution is 5.53. The van der Waals surface area contributed by atoms with E-state index in [1.165, 1.54) is 12.1 Å². The molecule has 0 unspecified atom stereocenters. The molecule has 0 amide bonds. The Hall–Kier alpha value is -1.69. The number of benzene rings is 1. The van der Waals surface area contributed by atoms with Gasteiger partial charge in [-0.3, -0.25) is 10.1 Å². The second kappa shape index (κ2) is 4.70. The van der Waals surface area contributed by atoms with Gasteiger partial charge < -0.3 is 9.64 Å². The lowest BCUT2D eigenvalue weighted by atomic mass is 9.98. The van der Waals surface area contributed by atoms with Gasteiger partial charge in [-0.05, 0) is 33.8 Å². The van der Waals surface area contributed by atoms with Crippen molar-refractivity contribution in [3.8, 4) is 0 Å². The number of hydrogen-bond donors (Lipinski definition) is 0. The van der Waals surface area contributed by atoms with Crippen molar-refractivity contribution in [1.82, 2.24) is 0 Å². The van der Waals surface area contributed by atoms with Crippen LogP contribution in [-0.2, 0) is 4.74 Å². The van der Waals surface area contributed by atoms with Crippen molar-refractivity contribution in [1.29, 1.82) is 0 Å². The Morgan fingerprint density at radius 3 is 2.25 bits per heavy atom. The predicted octanol–water partition coefficient (Wildman–Crippen LogP) is 3.13. The van der Waals surface area contributed by atoms with Gasteiger partial charge in [0.15, 0.2) is 5.82 Å². The van der Waals surface area contributed by atoms with Gasteiger partial charge in [0.25, 0.3) is 5.69 Å². The fourth-order valence-electron chi connectivity index (χ4n) is 2.82. The number of nitro groups is 1. The van der Waals surface area contributed by atoms with E-state index < -0.39 is 21.9 Å². The van der Waals surface area contributed by atoms with E-state index in [9.17, 15) is 14.5 Å². The van der Waals surface area contributed by atoms with Crippen LogP contribution in [-0.4, -0.2) is 29.2 Å². The molecule has 0 aromatic heterocycles. The molecule has 1 aromatic rings. The molecule has 0 radical (unpaired) electrons. The number of halogens is 1. The number of anilines is 1. The second-order valence-electron chi connectivity index (χ2n) is 6.37. The molecule has 0 saturated carbocycles. The molecule has 0 atom stereocenters. The summed E-state index contributed by atoms with van der Waals surface area (Å²) in [5.74, 6) is -0.576. The molecular weight excluding hydrogens is 263 g/mol. The standard InChI is InChI=1S/C14H19FN2O3/c1-13(2)8-16(9-14(3,4)20-13)12-6-5-10(17(18)19)7-11(12)15/h5-7H,8-9H2,1-4H3. The third-order valence-electron chi connectivity index (χ3n) is 3.18. The molecule has 20 heavy (non-hydrogen) atoms. The lowest BCUT2D eigenvalue weighted by molar-refractivity contribution is -0.385. The van der Waals surface area contributed by atoms with Gasteiger partial charge in [-0.25, -0.2) is 4.39 Å². The quantitative estimate of drug-likeness (QED) is 0.617. The maximum absolute atomic E-state index is 14.1. The fourth-order valence-corrected chi connectivity index (χ4v) is 2.82. The summed E-state index contributed by atoms with van der Waals surface area (Å²) in [7, 11) is 0. The van der Waals surface area contributed by atoms with Gasteiger partial charge in [0.2, 0.25) is 0 Å². The van der Waals surface area contributed by atoms with E-state index in [-0.39, 0.29) is 5.69 Å². The topological polar surface area (TPSA) is 55.6 Å². The monoisotopic (exact) mass is 282 g/mol. The van der Waals surface area contributed by atoms with Crippen LogP contribution in [0.1, 0.15) is 27.7 Å². The fraction of sp³-hybridized carbons (Fsp3) is 0.571. The Bertz CT molecular complexity index is 527. The molecule has 110 valence electrons. The largest absolute Gasteiger partial charge is 0.366 e. The van der Waals surface area contributed by atoms with Crippen LogP contribution in [0, 0.1) is 15.9 Å². The van der Waals surface area contributed by atoms with E-state index in [0.29, 0.717) is 18.8 Å². The first-order valence-electron chi connectivity index (χ1n) is 6.49. The minimum absolute atomic E-state index is 0.238. The van der Waals surface area contributed by atoms with Crippen molar-refractivity contribution in [2.45, 2.75) is 38.9 Å². The average Bonchev–Trinajstić information content (AvgIpc) is 2.24. The molecule has 1 aromatic carbocycles. The molecule has 0 aliphatic carbocycles. The molecule has 1 aliphatic rings. The van der Waals surface area contributed by atoms with Gasteiger partial charge in [0.05, 0.1) is 27.9 Å². The number of rotatable bonds is 2. The van der Waals surface area contributed by atoms with Crippen LogP contribution in [0.25, 0.3) is 0 Å². The maximum atomic E-state index is 14.1. The van der Waals surface area contributed by atoms with E-state index in [2.05, 4.69) is 0 Å².